The summed E-state index contributed by atoms with van der Waals surface area (Å²) in [5, 5.41) is 9.37. The summed E-state index contributed by atoms with van der Waals surface area (Å²) < 4.78 is 0. The van der Waals surface area contributed by atoms with Crippen LogP contribution in [-0.4, -0.2) is 34.5 Å². The van der Waals surface area contributed by atoms with Crippen molar-refractivity contribution in [2.75, 3.05) is 6.54 Å². The van der Waals surface area contributed by atoms with E-state index in [-0.39, 0.29) is 23.8 Å². The summed E-state index contributed by atoms with van der Waals surface area (Å²) in [5.74, 6) is 0.0670. The fourth-order valence-electron chi connectivity index (χ4n) is 2.51. The molecular formula is C11H17NO3. The van der Waals surface area contributed by atoms with Crippen molar-refractivity contribution in [2.24, 2.45) is 11.8 Å². The smallest absolute Gasteiger partial charge is 0.232 e. The average molecular weight is 211 g/mol. The number of hydrogen-bond donors (Lipinski definition) is 1. The van der Waals surface area contributed by atoms with E-state index in [0.717, 1.165) is 19.3 Å². The van der Waals surface area contributed by atoms with Gasteiger partial charge in [-0.05, 0) is 25.2 Å². The van der Waals surface area contributed by atoms with E-state index in [1.807, 2.05) is 0 Å². The first-order valence-electron chi connectivity index (χ1n) is 5.60. The van der Waals surface area contributed by atoms with Crippen LogP contribution in [0.2, 0.25) is 0 Å². The molecular weight excluding hydrogens is 194 g/mol. The number of amides is 2. The Labute approximate surface area is 89.3 Å². The molecule has 3 atom stereocenters. The fraction of sp³-hybridized carbons (Fsp3) is 0.818. The lowest BCUT2D eigenvalue weighted by Gasteiger charge is -2.18. The van der Waals surface area contributed by atoms with E-state index in [0.29, 0.717) is 18.9 Å². The van der Waals surface area contributed by atoms with E-state index in [1.54, 1.807) is 6.92 Å². The molecule has 0 radical (unpaired) electrons. The van der Waals surface area contributed by atoms with E-state index in [4.69, 9.17) is 0 Å². The van der Waals surface area contributed by atoms with Crippen molar-refractivity contribution in [1.29, 1.82) is 0 Å². The topological polar surface area (TPSA) is 57.6 Å². The van der Waals surface area contributed by atoms with Crippen LogP contribution < -0.4 is 0 Å². The largest absolute Gasteiger partial charge is 0.393 e. The number of likely N-dealkylation sites (tertiary alicyclic amines) is 1. The third-order valence-corrected chi connectivity index (χ3v) is 3.42. The van der Waals surface area contributed by atoms with Gasteiger partial charge in [-0.2, -0.15) is 0 Å². The van der Waals surface area contributed by atoms with Crippen LogP contribution in [0, 0.1) is 11.8 Å². The highest BCUT2D eigenvalue weighted by Gasteiger charge is 2.37. The second-order valence-electron chi connectivity index (χ2n) is 4.78. The molecule has 2 fully saturated rings. The minimum atomic E-state index is -0.236. The molecule has 1 heterocycles. The summed E-state index contributed by atoms with van der Waals surface area (Å²) in [6.07, 6.45) is 2.57. The summed E-state index contributed by atoms with van der Waals surface area (Å²) in [7, 11) is 0. The summed E-state index contributed by atoms with van der Waals surface area (Å²) >= 11 is 0. The maximum Gasteiger partial charge on any atom is 0.232 e. The van der Waals surface area contributed by atoms with Gasteiger partial charge in [0.15, 0.2) is 0 Å². The number of hydrogen-bond acceptors (Lipinski definition) is 3. The van der Waals surface area contributed by atoms with Crippen molar-refractivity contribution in [2.45, 2.75) is 38.7 Å². The van der Waals surface area contributed by atoms with Gasteiger partial charge in [0.05, 0.1) is 6.10 Å². The highest BCUT2D eigenvalue weighted by molar-refractivity contribution is 6.03. The predicted octanol–water partition coefficient (Wildman–Crippen LogP) is 0.542. The zero-order valence-corrected chi connectivity index (χ0v) is 8.98. The molecule has 0 bridgehead atoms. The maximum atomic E-state index is 11.6. The molecule has 1 aliphatic heterocycles. The van der Waals surface area contributed by atoms with Crippen LogP contribution in [0.15, 0.2) is 0 Å². The van der Waals surface area contributed by atoms with E-state index >= 15 is 0 Å². The monoisotopic (exact) mass is 211 g/mol. The quantitative estimate of drug-likeness (QED) is 0.678. The molecule has 0 spiro atoms. The molecule has 1 aliphatic carbocycles. The average Bonchev–Trinajstić information content (AvgIpc) is 2.67. The Kier molecular flexibility index (Phi) is 2.78. The lowest BCUT2D eigenvalue weighted by molar-refractivity contribution is -0.140. The Morgan fingerprint density at radius 1 is 1.40 bits per heavy atom. The minimum Gasteiger partial charge on any atom is -0.393 e. The van der Waals surface area contributed by atoms with Crippen LogP contribution in [-0.2, 0) is 9.59 Å². The number of nitrogens with zero attached hydrogens (tertiary/aromatic N) is 1. The summed E-state index contributed by atoms with van der Waals surface area (Å²) in [6, 6.07) is 0. The number of carbonyl (C=O) groups is 2. The van der Waals surface area contributed by atoms with E-state index < -0.39 is 0 Å². The normalized spacial score (nSPS) is 36.7. The highest BCUT2D eigenvalue weighted by Crippen LogP contribution is 2.28. The van der Waals surface area contributed by atoms with Crippen LogP contribution in [0.1, 0.15) is 32.6 Å². The second-order valence-corrected chi connectivity index (χ2v) is 4.78. The molecule has 4 heteroatoms. The van der Waals surface area contributed by atoms with Gasteiger partial charge >= 0.3 is 0 Å². The van der Waals surface area contributed by atoms with Crippen molar-refractivity contribution >= 4 is 11.8 Å². The van der Waals surface area contributed by atoms with Gasteiger partial charge in [-0.25, -0.2) is 0 Å². The molecule has 2 aliphatic rings. The van der Waals surface area contributed by atoms with Gasteiger partial charge in [-0.3, -0.25) is 14.5 Å². The lowest BCUT2D eigenvalue weighted by Crippen LogP contribution is -2.34. The molecule has 15 heavy (non-hydrogen) atoms. The molecule has 2 rings (SSSR count). The van der Waals surface area contributed by atoms with Crippen LogP contribution in [0.25, 0.3) is 0 Å². The SMILES string of the molecule is CC1CC(=O)N(CC2CCC(O)C2)C1=O. The Morgan fingerprint density at radius 2 is 2.13 bits per heavy atom. The van der Waals surface area contributed by atoms with Crippen molar-refractivity contribution in [3.63, 3.8) is 0 Å². The molecule has 0 aromatic carbocycles. The van der Waals surface area contributed by atoms with Gasteiger partial charge in [0.1, 0.15) is 0 Å². The first-order valence-corrected chi connectivity index (χ1v) is 5.60. The van der Waals surface area contributed by atoms with E-state index in [1.165, 1.54) is 4.90 Å². The first-order chi connectivity index (χ1) is 7.08. The number of rotatable bonds is 2. The van der Waals surface area contributed by atoms with E-state index in [9.17, 15) is 14.7 Å². The van der Waals surface area contributed by atoms with Gasteiger partial charge < -0.3 is 5.11 Å². The standard InChI is InChI=1S/C11H17NO3/c1-7-4-10(14)12(11(7)15)6-8-2-3-9(13)5-8/h7-9,13H,2-6H2,1H3. The zero-order chi connectivity index (χ0) is 11.0. The Morgan fingerprint density at radius 3 is 2.60 bits per heavy atom. The number of aliphatic hydroxyl groups is 1. The fourth-order valence-corrected chi connectivity index (χ4v) is 2.51. The Hall–Kier alpha value is -0.900. The molecule has 0 aromatic heterocycles. The first kappa shape index (κ1) is 10.6. The third-order valence-electron chi connectivity index (χ3n) is 3.42. The van der Waals surface area contributed by atoms with Gasteiger partial charge in [0, 0.05) is 18.9 Å². The van der Waals surface area contributed by atoms with Crippen molar-refractivity contribution < 1.29 is 14.7 Å². The van der Waals surface area contributed by atoms with E-state index in [2.05, 4.69) is 0 Å². The van der Waals surface area contributed by atoms with Gasteiger partial charge in [0.25, 0.3) is 0 Å². The zero-order valence-electron chi connectivity index (χ0n) is 8.98. The van der Waals surface area contributed by atoms with Gasteiger partial charge in [-0.1, -0.05) is 6.92 Å². The Bertz CT molecular complexity index is 290. The highest BCUT2D eigenvalue weighted by atomic mass is 16.3. The number of carbonyl (C=O) groups excluding carboxylic acids is 2. The summed E-state index contributed by atoms with van der Waals surface area (Å²) in [4.78, 5) is 24.5. The lowest BCUT2D eigenvalue weighted by atomic mass is 10.1. The maximum absolute atomic E-state index is 11.6. The van der Waals surface area contributed by atoms with Gasteiger partial charge in [0.2, 0.25) is 11.8 Å². The summed E-state index contributed by atoms with van der Waals surface area (Å²) in [5.41, 5.74) is 0. The Balaban J connectivity index is 1.94. The molecule has 4 nitrogen and oxygen atoms in total. The predicted molar refractivity (Wildman–Crippen MR) is 53.8 cm³/mol. The van der Waals surface area contributed by atoms with Crippen LogP contribution >= 0.6 is 0 Å². The number of imide groups is 1. The van der Waals surface area contributed by atoms with Crippen LogP contribution in [0.3, 0.4) is 0 Å². The minimum absolute atomic E-state index is 0.0404. The van der Waals surface area contributed by atoms with Gasteiger partial charge in [-0.15, -0.1) is 0 Å². The molecule has 2 amide bonds. The number of aliphatic hydroxyl groups excluding tert-OH is 1. The molecule has 3 unspecified atom stereocenters. The third kappa shape index (κ3) is 2.04. The molecule has 0 aromatic rings. The molecule has 84 valence electrons. The van der Waals surface area contributed by atoms with Crippen molar-refractivity contribution in [3.05, 3.63) is 0 Å². The van der Waals surface area contributed by atoms with Crippen molar-refractivity contribution in [1.82, 2.24) is 4.90 Å². The second kappa shape index (κ2) is 3.93. The van der Waals surface area contributed by atoms with Crippen LogP contribution in [0.4, 0.5) is 0 Å². The van der Waals surface area contributed by atoms with Crippen molar-refractivity contribution in [3.8, 4) is 0 Å². The van der Waals surface area contributed by atoms with Crippen LogP contribution in [0.5, 0.6) is 0 Å². The molecule has 1 saturated heterocycles. The molecule has 1 saturated carbocycles. The summed E-state index contributed by atoms with van der Waals surface area (Å²) in [6.45, 7) is 2.31. The molecule has 1 N–H and O–H groups in total.